The summed E-state index contributed by atoms with van der Waals surface area (Å²) in [5.74, 6) is -1.25. The fourth-order valence-corrected chi connectivity index (χ4v) is 1.80. The molecule has 17 heavy (non-hydrogen) atoms. The lowest BCUT2D eigenvalue weighted by Crippen LogP contribution is -2.20. The Morgan fingerprint density at radius 2 is 2.18 bits per heavy atom. The van der Waals surface area contributed by atoms with E-state index in [0.29, 0.717) is 10.7 Å². The van der Waals surface area contributed by atoms with Gasteiger partial charge in [0.1, 0.15) is 5.56 Å². The van der Waals surface area contributed by atoms with Gasteiger partial charge in [0.05, 0.1) is 5.69 Å². The molecule has 2 rings (SSSR count). The fraction of sp³-hybridized carbons (Fsp3) is 0.0909. The number of rotatable bonds is 2. The zero-order chi connectivity index (χ0) is 12.6. The Balaban J connectivity index is 2.62. The average Bonchev–Trinajstić information content (AvgIpc) is 2.60. The van der Waals surface area contributed by atoms with E-state index >= 15 is 0 Å². The second-order valence-corrected chi connectivity index (χ2v) is 4.00. The molecule has 0 amide bonds. The summed E-state index contributed by atoms with van der Waals surface area (Å²) < 4.78 is 1.18. The molecule has 1 aromatic carbocycles. The number of halogens is 1. The van der Waals surface area contributed by atoms with Gasteiger partial charge in [-0.3, -0.25) is 9.89 Å². The highest BCUT2D eigenvalue weighted by Crippen LogP contribution is 2.17. The highest BCUT2D eigenvalue weighted by atomic mass is 35.5. The van der Waals surface area contributed by atoms with Crippen molar-refractivity contribution in [3.05, 3.63) is 50.9 Å². The number of aryl methyl sites for hydroxylation is 1. The predicted octanol–water partition coefficient (Wildman–Crippen LogP) is 1.83. The van der Waals surface area contributed by atoms with E-state index in [1.165, 1.54) is 10.9 Å². The van der Waals surface area contributed by atoms with Crippen LogP contribution in [-0.2, 0) is 0 Å². The molecule has 2 N–H and O–H groups in total. The van der Waals surface area contributed by atoms with Crippen LogP contribution in [0.2, 0.25) is 5.02 Å². The van der Waals surface area contributed by atoms with Crippen molar-refractivity contribution in [3.8, 4) is 5.69 Å². The van der Waals surface area contributed by atoms with Crippen molar-refractivity contribution in [2.75, 3.05) is 0 Å². The molecular formula is C11H9ClN2O3. The smallest absolute Gasteiger partial charge is 0.342 e. The van der Waals surface area contributed by atoms with Crippen LogP contribution in [0.1, 0.15) is 15.9 Å². The van der Waals surface area contributed by atoms with Crippen molar-refractivity contribution in [2.24, 2.45) is 0 Å². The third kappa shape index (κ3) is 1.97. The molecule has 88 valence electrons. The Kier molecular flexibility index (Phi) is 2.77. The molecule has 1 heterocycles. The van der Waals surface area contributed by atoms with Gasteiger partial charge in [0.2, 0.25) is 0 Å². The summed E-state index contributed by atoms with van der Waals surface area (Å²) in [6, 6.07) is 4.99. The molecule has 0 aliphatic heterocycles. The van der Waals surface area contributed by atoms with Crippen molar-refractivity contribution >= 4 is 17.6 Å². The molecule has 0 saturated heterocycles. The van der Waals surface area contributed by atoms with E-state index in [0.717, 1.165) is 5.56 Å². The van der Waals surface area contributed by atoms with Crippen LogP contribution in [0.3, 0.4) is 0 Å². The van der Waals surface area contributed by atoms with Gasteiger partial charge in [0.25, 0.3) is 5.56 Å². The number of nitrogens with zero attached hydrogens (tertiary/aromatic N) is 1. The number of nitrogens with one attached hydrogen (secondary N) is 1. The van der Waals surface area contributed by atoms with Crippen molar-refractivity contribution < 1.29 is 9.90 Å². The molecule has 6 heteroatoms. The van der Waals surface area contributed by atoms with Crippen LogP contribution < -0.4 is 5.56 Å². The van der Waals surface area contributed by atoms with E-state index in [-0.39, 0.29) is 5.56 Å². The maximum absolute atomic E-state index is 11.8. The Hall–Kier alpha value is -2.01. The van der Waals surface area contributed by atoms with Gasteiger partial charge < -0.3 is 5.11 Å². The van der Waals surface area contributed by atoms with Crippen LogP contribution in [0.4, 0.5) is 0 Å². The number of hydrogen-bond donors (Lipinski definition) is 2. The third-order valence-corrected chi connectivity index (χ3v) is 2.64. The summed E-state index contributed by atoms with van der Waals surface area (Å²) in [5.41, 5.74) is 0.465. The van der Waals surface area contributed by atoms with E-state index < -0.39 is 11.5 Å². The highest BCUT2D eigenvalue weighted by Gasteiger charge is 2.14. The van der Waals surface area contributed by atoms with Crippen LogP contribution in [0, 0.1) is 6.92 Å². The van der Waals surface area contributed by atoms with Crippen molar-refractivity contribution in [1.29, 1.82) is 0 Å². The first-order valence-corrected chi connectivity index (χ1v) is 5.19. The Bertz CT molecular complexity index is 642. The maximum Gasteiger partial charge on any atom is 0.342 e. The minimum atomic E-state index is -1.25. The van der Waals surface area contributed by atoms with Crippen LogP contribution >= 0.6 is 11.6 Å². The SMILES string of the molecule is Cc1cc(Cl)ccc1-n1[nH]cc(C(=O)O)c1=O. The normalized spacial score (nSPS) is 10.5. The molecular weight excluding hydrogens is 244 g/mol. The molecule has 0 bridgehead atoms. The van der Waals surface area contributed by atoms with Gasteiger partial charge in [-0.15, -0.1) is 0 Å². The topological polar surface area (TPSA) is 75.1 Å². The van der Waals surface area contributed by atoms with Crippen LogP contribution in [0.5, 0.6) is 0 Å². The number of H-pyrrole nitrogens is 1. The van der Waals surface area contributed by atoms with Gasteiger partial charge in [0, 0.05) is 11.2 Å². The van der Waals surface area contributed by atoms with Gasteiger partial charge in [-0.1, -0.05) is 11.6 Å². The van der Waals surface area contributed by atoms with Crippen molar-refractivity contribution in [1.82, 2.24) is 9.78 Å². The second kappa shape index (κ2) is 4.10. The summed E-state index contributed by atoms with van der Waals surface area (Å²) in [7, 11) is 0. The quantitative estimate of drug-likeness (QED) is 0.856. The number of carboxylic acid groups (broad SMARTS) is 1. The van der Waals surface area contributed by atoms with Crippen LogP contribution in [0.15, 0.2) is 29.2 Å². The molecule has 0 unspecified atom stereocenters. The van der Waals surface area contributed by atoms with Crippen molar-refractivity contribution in [2.45, 2.75) is 6.92 Å². The zero-order valence-corrected chi connectivity index (χ0v) is 9.65. The Morgan fingerprint density at radius 3 is 2.71 bits per heavy atom. The minimum absolute atomic E-state index is 0.292. The van der Waals surface area contributed by atoms with E-state index in [1.807, 2.05) is 0 Å². The summed E-state index contributed by atoms with van der Waals surface area (Å²) in [5, 5.41) is 12.0. The van der Waals surface area contributed by atoms with Gasteiger partial charge in [-0.2, -0.15) is 0 Å². The fourth-order valence-electron chi connectivity index (χ4n) is 1.57. The lowest BCUT2D eigenvalue weighted by atomic mass is 10.2. The van der Waals surface area contributed by atoms with Gasteiger partial charge in [0.15, 0.2) is 0 Å². The highest BCUT2D eigenvalue weighted by molar-refractivity contribution is 6.30. The van der Waals surface area contributed by atoms with Gasteiger partial charge in [-0.05, 0) is 30.7 Å². The summed E-state index contributed by atoms with van der Waals surface area (Å²) >= 11 is 5.81. The molecule has 2 aromatic rings. The molecule has 0 aliphatic rings. The van der Waals surface area contributed by atoms with E-state index in [1.54, 1.807) is 25.1 Å². The number of hydrogen-bond acceptors (Lipinski definition) is 2. The van der Waals surface area contributed by atoms with Gasteiger partial charge >= 0.3 is 5.97 Å². The molecule has 0 spiro atoms. The number of carbonyl (C=O) groups is 1. The number of aromatic amines is 1. The first kappa shape index (κ1) is 11.5. The van der Waals surface area contributed by atoms with E-state index in [9.17, 15) is 9.59 Å². The van der Waals surface area contributed by atoms with Gasteiger partial charge in [-0.25, -0.2) is 9.48 Å². The lowest BCUT2D eigenvalue weighted by molar-refractivity contribution is 0.0695. The first-order chi connectivity index (χ1) is 8.00. The van der Waals surface area contributed by atoms with E-state index in [2.05, 4.69) is 5.10 Å². The molecule has 0 radical (unpaired) electrons. The summed E-state index contributed by atoms with van der Waals surface area (Å²) in [4.78, 5) is 22.5. The minimum Gasteiger partial charge on any atom is -0.477 e. The Morgan fingerprint density at radius 1 is 1.47 bits per heavy atom. The molecule has 0 atom stereocenters. The zero-order valence-electron chi connectivity index (χ0n) is 8.90. The summed E-state index contributed by atoms with van der Waals surface area (Å²) in [6.07, 6.45) is 1.17. The lowest BCUT2D eigenvalue weighted by Gasteiger charge is -2.05. The number of aromatic nitrogens is 2. The molecule has 0 aliphatic carbocycles. The summed E-state index contributed by atoms with van der Waals surface area (Å²) in [6.45, 7) is 1.79. The van der Waals surface area contributed by atoms with Crippen LogP contribution in [0.25, 0.3) is 5.69 Å². The number of carboxylic acids is 1. The van der Waals surface area contributed by atoms with Crippen LogP contribution in [-0.4, -0.2) is 20.9 Å². The Labute approximate surface area is 101 Å². The number of benzene rings is 1. The second-order valence-electron chi connectivity index (χ2n) is 3.56. The largest absolute Gasteiger partial charge is 0.477 e. The maximum atomic E-state index is 11.8. The molecule has 0 saturated carbocycles. The molecule has 5 nitrogen and oxygen atoms in total. The molecule has 0 fully saturated rings. The third-order valence-electron chi connectivity index (χ3n) is 2.40. The average molecular weight is 253 g/mol. The number of aromatic carboxylic acids is 1. The van der Waals surface area contributed by atoms with E-state index in [4.69, 9.17) is 16.7 Å². The standard InChI is InChI=1S/C11H9ClN2O3/c1-6-4-7(12)2-3-9(6)14-10(15)8(5-13-14)11(16)17/h2-5,13H,1H3,(H,16,17). The predicted molar refractivity (Wildman–Crippen MR) is 63.1 cm³/mol. The molecule has 1 aromatic heterocycles. The van der Waals surface area contributed by atoms with Crippen molar-refractivity contribution in [3.63, 3.8) is 0 Å². The monoisotopic (exact) mass is 252 g/mol. The first-order valence-electron chi connectivity index (χ1n) is 4.81.